The lowest BCUT2D eigenvalue weighted by Gasteiger charge is -2.21. The molecule has 2 heterocycles. The minimum Gasteiger partial charge on any atom is -0.479 e. The molecule has 2 aromatic heterocycles. The van der Waals surface area contributed by atoms with E-state index in [9.17, 15) is 0 Å². The lowest BCUT2D eigenvalue weighted by Crippen LogP contribution is -2.04. The summed E-state index contributed by atoms with van der Waals surface area (Å²) in [5.74, 6) is 0.558. The summed E-state index contributed by atoms with van der Waals surface area (Å²) in [6.45, 7) is 0. The van der Waals surface area contributed by atoms with Crippen LogP contribution in [0.2, 0.25) is 0 Å². The van der Waals surface area contributed by atoms with Gasteiger partial charge in [0.1, 0.15) is 5.69 Å². The fourth-order valence-corrected chi connectivity index (χ4v) is 4.58. The smallest absolute Gasteiger partial charge is 0.239 e. The molecule has 0 atom stereocenters. The van der Waals surface area contributed by atoms with E-state index in [4.69, 9.17) is 4.74 Å². The SMILES string of the molecule is CNc1c(-c2c3ccccc3c(-c3ccncc3)c3ccccc23)cnc(OC)c1NC. The van der Waals surface area contributed by atoms with Crippen molar-refractivity contribution in [2.45, 2.75) is 0 Å². The second-order valence-electron chi connectivity index (χ2n) is 7.51. The van der Waals surface area contributed by atoms with Crippen LogP contribution in [0.5, 0.6) is 5.88 Å². The van der Waals surface area contributed by atoms with Gasteiger partial charge in [-0.05, 0) is 44.8 Å². The predicted octanol–water partition coefficient (Wildman–Crippen LogP) is 6.21. The molecule has 0 radical (unpaired) electrons. The largest absolute Gasteiger partial charge is 0.479 e. The lowest BCUT2D eigenvalue weighted by atomic mass is 9.86. The van der Waals surface area contributed by atoms with E-state index in [1.54, 1.807) is 7.11 Å². The van der Waals surface area contributed by atoms with Crippen LogP contribution >= 0.6 is 0 Å². The highest BCUT2D eigenvalue weighted by molar-refractivity contribution is 6.22. The van der Waals surface area contributed by atoms with Gasteiger partial charge in [0.2, 0.25) is 5.88 Å². The highest BCUT2D eigenvalue weighted by atomic mass is 16.5. The molecular formula is C27H24N4O. The average Bonchev–Trinajstić information content (AvgIpc) is 2.86. The summed E-state index contributed by atoms with van der Waals surface area (Å²) in [6, 6.07) is 21.3. The third kappa shape index (κ3) is 3.02. The number of methoxy groups -OCH3 is 1. The van der Waals surface area contributed by atoms with Crippen molar-refractivity contribution in [2.24, 2.45) is 0 Å². The van der Waals surface area contributed by atoms with Crippen LogP contribution in [0.4, 0.5) is 11.4 Å². The first-order valence-corrected chi connectivity index (χ1v) is 10.5. The molecule has 0 aliphatic carbocycles. The first-order chi connectivity index (χ1) is 15.8. The second kappa shape index (κ2) is 8.19. The highest BCUT2D eigenvalue weighted by Crippen LogP contribution is 2.47. The van der Waals surface area contributed by atoms with Crippen LogP contribution in [-0.2, 0) is 0 Å². The summed E-state index contributed by atoms with van der Waals surface area (Å²) in [5.41, 5.74) is 6.31. The Kier molecular flexibility index (Phi) is 5.07. The molecule has 0 bridgehead atoms. The number of rotatable bonds is 5. The number of fused-ring (bicyclic) bond motifs is 2. The van der Waals surface area contributed by atoms with Crippen molar-refractivity contribution in [3.63, 3.8) is 0 Å². The van der Waals surface area contributed by atoms with Crippen LogP contribution in [-0.4, -0.2) is 31.2 Å². The maximum atomic E-state index is 5.50. The van der Waals surface area contributed by atoms with Crippen LogP contribution < -0.4 is 15.4 Å². The number of pyridine rings is 2. The Hall–Kier alpha value is -4.12. The van der Waals surface area contributed by atoms with Gasteiger partial charge in [-0.3, -0.25) is 4.98 Å². The van der Waals surface area contributed by atoms with E-state index in [2.05, 4.69) is 81.3 Å². The second-order valence-corrected chi connectivity index (χ2v) is 7.51. The van der Waals surface area contributed by atoms with Gasteiger partial charge in [0, 0.05) is 43.8 Å². The van der Waals surface area contributed by atoms with E-state index in [1.807, 2.05) is 32.7 Å². The molecule has 158 valence electrons. The van der Waals surface area contributed by atoms with Crippen molar-refractivity contribution >= 4 is 32.9 Å². The molecule has 0 aliphatic rings. The zero-order valence-corrected chi connectivity index (χ0v) is 18.3. The molecule has 5 heteroatoms. The molecule has 0 unspecified atom stereocenters. The lowest BCUT2D eigenvalue weighted by molar-refractivity contribution is 0.400. The van der Waals surface area contributed by atoms with Gasteiger partial charge in [-0.15, -0.1) is 0 Å². The molecule has 0 fully saturated rings. The Morgan fingerprint density at radius 2 is 1.22 bits per heavy atom. The highest BCUT2D eigenvalue weighted by Gasteiger charge is 2.21. The van der Waals surface area contributed by atoms with E-state index in [-0.39, 0.29) is 0 Å². The third-order valence-corrected chi connectivity index (χ3v) is 5.91. The first-order valence-electron chi connectivity index (χ1n) is 10.5. The molecule has 5 rings (SSSR count). The van der Waals surface area contributed by atoms with Crippen LogP contribution in [0.3, 0.4) is 0 Å². The normalized spacial score (nSPS) is 11.0. The van der Waals surface area contributed by atoms with Gasteiger partial charge < -0.3 is 15.4 Å². The topological polar surface area (TPSA) is 59.1 Å². The van der Waals surface area contributed by atoms with Crippen LogP contribution in [0.25, 0.3) is 43.8 Å². The number of hydrogen-bond acceptors (Lipinski definition) is 5. The standard InChI is InChI=1S/C27H24N4O/c1-28-25-22(16-31-27(32-3)26(25)29-2)24-20-10-6-4-8-18(20)23(17-12-14-30-15-13-17)19-9-5-7-11-21(19)24/h4-16,29H,1-3H3,(H,28,31). The summed E-state index contributed by atoms with van der Waals surface area (Å²) in [5, 5.41) is 11.3. The molecule has 0 amide bonds. The summed E-state index contributed by atoms with van der Waals surface area (Å²) in [4.78, 5) is 8.83. The fraction of sp³-hybridized carbons (Fsp3) is 0.111. The third-order valence-electron chi connectivity index (χ3n) is 5.91. The van der Waals surface area contributed by atoms with Crippen molar-refractivity contribution in [1.82, 2.24) is 9.97 Å². The minimum atomic E-state index is 0.558. The molecule has 32 heavy (non-hydrogen) atoms. The van der Waals surface area contributed by atoms with Gasteiger partial charge in [0.05, 0.1) is 12.8 Å². The molecule has 5 nitrogen and oxygen atoms in total. The number of anilines is 2. The van der Waals surface area contributed by atoms with Gasteiger partial charge in [-0.1, -0.05) is 48.5 Å². The van der Waals surface area contributed by atoms with Gasteiger partial charge >= 0.3 is 0 Å². The maximum Gasteiger partial charge on any atom is 0.239 e. The number of benzene rings is 3. The number of aromatic nitrogens is 2. The Morgan fingerprint density at radius 1 is 0.688 bits per heavy atom. The quantitative estimate of drug-likeness (QED) is 0.331. The van der Waals surface area contributed by atoms with E-state index in [0.29, 0.717) is 5.88 Å². The molecule has 0 saturated carbocycles. The van der Waals surface area contributed by atoms with Crippen molar-refractivity contribution in [2.75, 3.05) is 31.8 Å². The molecule has 0 saturated heterocycles. The Morgan fingerprint density at radius 3 is 1.72 bits per heavy atom. The monoisotopic (exact) mass is 420 g/mol. The van der Waals surface area contributed by atoms with Crippen LogP contribution in [0.15, 0.2) is 79.3 Å². The summed E-state index contributed by atoms with van der Waals surface area (Å²) < 4.78 is 5.50. The summed E-state index contributed by atoms with van der Waals surface area (Å²) >= 11 is 0. The van der Waals surface area contributed by atoms with E-state index < -0.39 is 0 Å². The number of ether oxygens (including phenoxy) is 1. The molecule has 0 spiro atoms. The Balaban J connectivity index is 1.97. The molecule has 0 aliphatic heterocycles. The maximum absolute atomic E-state index is 5.50. The van der Waals surface area contributed by atoms with Crippen molar-refractivity contribution in [1.29, 1.82) is 0 Å². The Bertz CT molecular complexity index is 1370. The zero-order chi connectivity index (χ0) is 22.1. The van der Waals surface area contributed by atoms with Crippen molar-refractivity contribution < 1.29 is 4.74 Å². The molecule has 5 aromatic rings. The summed E-state index contributed by atoms with van der Waals surface area (Å²) in [6.07, 6.45) is 5.59. The van der Waals surface area contributed by atoms with Crippen molar-refractivity contribution in [3.05, 3.63) is 79.3 Å². The van der Waals surface area contributed by atoms with Gasteiger partial charge in [-0.2, -0.15) is 0 Å². The van der Waals surface area contributed by atoms with Crippen LogP contribution in [0.1, 0.15) is 0 Å². The molecular weight excluding hydrogens is 396 g/mol. The van der Waals surface area contributed by atoms with Gasteiger partial charge in [-0.25, -0.2) is 4.98 Å². The number of nitrogens with zero attached hydrogens (tertiary/aromatic N) is 2. The molecule has 2 N–H and O–H groups in total. The predicted molar refractivity (Wildman–Crippen MR) is 134 cm³/mol. The average molecular weight is 421 g/mol. The van der Waals surface area contributed by atoms with E-state index >= 15 is 0 Å². The fourth-order valence-electron chi connectivity index (χ4n) is 4.58. The number of hydrogen-bond donors (Lipinski definition) is 2. The van der Waals surface area contributed by atoms with Crippen LogP contribution in [0, 0.1) is 0 Å². The minimum absolute atomic E-state index is 0.558. The Labute approximate surface area is 187 Å². The molecule has 3 aromatic carbocycles. The van der Waals surface area contributed by atoms with Crippen molar-refractivity contribution in [3.8, 4) is 28.1 Å². The zero-order valence-electron chi connectivity index (χ0n) is 18.3. The van der Waals surface area contributed by atoms with E-state index in [0.717, 1.165) is 28.1 Å². The summed E-state index contributed by atoms with van der Waals surface area (Å²) in [7, 11) is 5.44. The van der Waals surface area contributed by atoms with Gasteiger partial charge in [0.15, 0.2) is 0 Å². The van der Waals surface area contributed by atoms with E-state index in [1.165, 1.54) is 27.1 Å². The first kappa shape index (κ1) is 19.8. The van der Waals surface area contributed by atoms with Gasteiger partial charge in [0.25, 0.3) is 0 Å². The number of nitrogens with one attached hydrogen (secondary N) is 2.